The van der Waals surface area contributed by atoms with Gasteiger partial charge in [0.1, 0.15) is 5.75 Å². The van der Waals surface area contributed by atoms with Crippen molar-refractivity contribution in [1.29, 1.82) is 0 Å². The third-order valence-corrected chi connectivity index (χ3v) is 1.56. The van der Waals surface area contributed by atoms with Crippen LogP contribution in [0, 0.1) is 0 Å². The maximum Gasteiger partial charge on any atom is 0.119 e. The molecule has 0 aliphatic carbocycles. The van der Waals surface area contributed by atoms with E-state index in [0.717, 1.165) is 5.56 Å². The van der Waals surface area contributed by atoms with Gasteiger partial charge in [-0.25, -0.2) is 0 Å². The number of para-hydroxylation sites is 1. The first-order valence-electron chi connectivity index (χ1n) is 3.49. The number of rotatable bonds is 1. The van der Waals surface area contributed by atoms with Gasteiger partial charge >= 0.3 is 0 Å². The molecule has 0 bridgehead atoms. The van der Waals surface area contributed by atoms with Crippen LogP contribution in [0.2, 0.25) is 0 Å². The summed E-state index contributed by atoms with van der Waals surface area (Å²) in [5.41, 5.74) is 1.02. The van der Waals surface area contributed by atoms with Crippen molar-refractivity contribution in [3.05, 3.63) is 29.8 Å². The molecule has 21 heavy (non-hydrogen) atoms. The van der Waals surface area contributed by atoms with Gasteiger partial charge < -0.3 is 72.8 Å². The first kappa shape index (κ1) is 91.8. The average Bonchev–Trinajstić information content (AvgIpc) is 1.88. The fourth-order valence-electron chi connectivity index (χ4n) is 0.976. The molecule has 0 aromatic heterocycles. The summed E-state index contributed by atoms with van der Waals surface area (Å²) >= 11 is 0. The highest BCUT2D eigenvalue weighted by Crippen LogP contribution is 2.23. The summed E-state index contributed by atoms with van der Waals surface area (Å²) in [5, 5.41) is 9.28. The molecule has 0 unspecified atom stereocenters. The molecule has 12 nitrogen and oxygen atoms in total. The summed E-state index contributed by atoms with van der Waals surface area (Å²) in [6.45, 7) is 4.13. The predicted octanol–water partition coefficient (Wildman–Crippen LogP) is 4.30. The van der Waals surface area contributed by atoms with Crippen molar-refractivity contribution in [3.8, 4) is 5.75 Å². The second-order valence-corrected chi connectivity index (χ2v) is 2.71. The van der Waals surface area contributed by atoms with Crippen molar-refractivity contribution in [2.45, 2.75) is 19.8 Å². The number of hydrogen-bond donors (Lipinski definition) is 12. The van der Waals surface area contributed by atoms with Crippen LogP contribution in [0.15, 0.2) is 24.3 Å². The Morgan fingerprint density at radius 2 is 0.905 bits per heavy atom. The molecule has 0 heterocycles. The van der Waals surface area contributed by atoms with Crippen molar-refractivity contribution in [2.24, 2.45) is 0 Å². The van der Waals surface area contributed by atoms with E-state index in [1.165, 1.54) is 0 Å². The van der Waals surface area contributed by atoms with E-state index in [1.54, 1.807) is 6.07 Å². The predicted molar refractivity (Wildman–Crippen MR) is 97.4 cm³/mol. The third-order valence-electron chi connectivity index (χ3n) is 1.56. The van der Waals surface area contributed by atoms with E-state index in [-0.39, 0.29) is 67.7 Å². The monoisotopic (exact) mass is 323 g/mol. The normalized spacial score (nSPS) is 4.90. The number of hydrogen-bond acceptors (Lipinski definition) is 12. The van der Waals surface area contributed by atoms with Gasteiger partial charge in [0.25, 0.3) is 0 Å². The van der Waals surface area contributed by atoms with E-state index in [1.807, 2.05) is 18.2 Å². The maximum atomic E-state index is 9.28. The molecular weight excluding hydrogens is 278 g/mol. The van der Waals surface area contributed by atoms with E-state index in [4.69, 9.17) is 0 Å². The molecule has 1 aromatic carbocycles. The Morgan fingerprint density at radius 3 is 1.10 bits per heavy atom. The van der Waals surface area contributed by atoms with Gasteiger partial charge in [-0.2, -0.15) is 0 Å². The molecule has 0 spiro atoms. The minimum Gasteiger partial charge on any atom is -0.508 e. The van der Waals surface area contributed by atoms with E-state index >= 15 is 0 Å². The minimum absolute atomic E-state index is 0. The quantitative estimate of drug-likeness (QED) is 0.343. The molecule has 12 heteroatoms. The molecule has 34 N–H and O–H groups in total. The average molecular weight is 324 g/mol. The van der Waals surface area contributed by atoms with Crippen molar-refractivity contribution in [3.63, 3.8) is 0 Å². The van der Waals surface area contributed by atoms with Gasteiger partial charge in [0, 0.05) is 0 Å². The lowest BCUT2D eigenvalue weighted by Gasteiger charge is -2.05. The van der Waals surface area contributed by atoms with Crippen molar-refractivity contribution in [2.75, 3.05) is 0 Å². The van der Waals surface area contributed by atoms with Crippen molar-refractivity contribution < 1.29 is 5.11 Å². The SMILES string of the molecule is CC(C)c1ccccc1O.N.N.N.N.N.N.N.N.N.N.N. The molecule has 0 radical (unpaired) electrons. The summed E-state index contributed by atoms with van der Waals surface area (Å²) in [7, 11) is 0. The topological polar surface area (TPSA) is 405 Å². The van der Waals surface area contributed by atoms with Crippen LogP contribution in [0.25, 0.3) is 0 Å². The summed E-state index contributed by atoms with van der Waals surface area (Å²) < 4.78 is 0. The molecule has 0 fully saturated rings. The van der Waals surface area contributed by atoms with E-state index in [2.05, 4.69) is 13.8 Å². The Bertz CT molecular complexity index is 237. The van der Waals surface area contributed by atoms with Gasteiger partial charge in [-0.1, -0.05) is 32.0 Å². The van der Waals surface area contributed by atoms with Crippen molar-refractivity contribution in [1.82, 2.24) is 67.7 Å². The largest absolute Gasteiger partial charge is 0.508 e. The number of aromatic hydroxyl groups is 1. The molecule has 0 aliphatic rings. The van der Waals surface area contributed by atoms with Gasteiger partial charge in [-0.15, -0.1) is 0 Å². The van der Waals surface area contributed by atoms with Crippen LogP contribution in [0.3, 0.4) is 0 Å². The maximum absolute atomic E-state index is 9.28. The Hall–Kier alpha value is -1.42. The lowest BCUT2D eigenvalue weighted by molar-refractivity contribution is 0.465. The molecule has 0 amide bonds. The first-order valence-corrected chi connectivity index (χ1v) is 3.49. The summed E-state index contributed by atoms with van der Waals surface area (Å²) in [4.78, 5) is 0. The molecule has 0 saturated carbocycles. The second-order valence-electron chi connectivity index (χ2n) is 2.71. The van der Waals surface area contributed by atoms with Crippen LogP contribution in [0.5, 0.6) is 5.75 Å². The molecule has 0 saturated heterocycles. The summed E-state index contributed by atoms with van der Waals surface area (Å²) in [5.74, 6) is 0.804. The van der Waals surface area contributed by atoms with Crippen LogP contribution < -0.4 is 67.7 Å². The highest BCUT2D eigenvalue weighted by Gasteiger charge is 2.01. The van der Waals surface area contributed by atoms with Crippen LogP contribution in [0.4, 0.5) is 0 Å². The van der Waals surface area contributed by atoms with Gasteiger partial charge in [-0.05, 0) is 17.5 Å². The minimum atomic E-state index is 0. The highest BCUT2D eigenvalue weighted by molar-refractivity contribution is 5.33. The van der Waals surface area contributed by atoms with E-state index in [9.17, 15) is 5.11 Å². The number of phenols is 1. The van der Waals surface area contributed by atoms with Crippen LogP contribution >= 0.6 is 0 Å². The number of phenolic OH excluding ortho intramolecular Hbond substituents is 1. The summed E-state index contributed by atoms with van der Waals surface area (Å²) in [6, 6.07) is 7.44. The van der Waals surface area contributed by atoms with Crippen LogP contribution in [0.1, 0.15) is 25.3 Å². The second kappa shape index (κ2) is 42.8. The highest BCUT2D eigenvalue weighted by atomic mass is 16.3. The number of benzene rings is 1. The van der Waals surface area contributed by atoms with Gasteiger partial charge in [-0.3, -0.25) is 0 Å². The molecular formula is C9H45N11O. The van der Waals surface area contributed by atoms with Gasteiger partial charge in [0.15, 0.2) is 0 Å². The summed E-state index contributed by atoms with van der Waals surface area (Å²) in [6.07, 6.45) is 0. The Morgan fingerprint density at radius 1 is 0.619 bits per heavy atom. The van der Waals surface area contributed by atoms with E-state index < -0.39 is 0 Å². The lowest BCUT2D eigenvalue weighted by atomic mass is 10.0. The van der Waals surface area contributed by atoms with Gasteiger partial charge in [0.05, 0.1) is 0 Å². The van der Waals surface area contributed by atoms with Crippen LogP contribution in [-0.2, 0) is 0 Å². The molecule has 0 aliphatic heterocycles. The first-order chi connectivity index (χ1) is 4.72. The molecule has 1 rings (SSSR count). The van der Waals surface area contributed by atoms with Crippen molar-refractivity contribution >= 4 is 0 Å². The fourth-order valence-corrected chi connectivity index (χ4v) is 0.976. The zero-order chi connectivity index (χ0) is 7.56. The standard InChI is InChI=1S/C9H12O.11H3N/c1-7(2)8-5-3-4-6-9(8)10;;;;;;;;;;;/h3-7,10H,1-2H3;11*1H3. The fraction of sp³-hybridized carbons (Fsp3) is 0.333. The smallest absolute Gasteiger partial charge is 0.119 e. The molecule has 142 valence electrons. The third kappa shape index (κ3) is 27.7. The Labute approximate surface area is 129 Å². The van der Waals surface area contributed by atoms with Gasteiger partial charge in [0.2, 0.25) is 0 Å². The Kier molecular flexibility index (Phi) is 187. The van der Waals surface area contributed by atoms with Crippen LogP contribution in [-0.4, -0.2) is 5.11 Å². The molecule has 0 atom stereocenters. The lowest BCUT2D eigenvalue weighted by Crippen LogP contribution is -1.85. The zero-order valence-electron chi connectivity index (χ0n) is 14.1. The Balaban J connectivity index is -0.0000000101. The molecule has 1 aromatic rings. The zero-order valence-corrected chi connectivity index (χ0v) is 14.1. The van der Waals surface area contributed by atoms with E-state index in [0.29, 0.717) is 11.7 Å².